The molecule has 1 fully saturated rings. The van der Waals surface area contributed by atoms with Gasteiger partial charge in [-0.3, -0.25) is 4.99 Å². The number of allylic oxidation sites excluding steroid dienone is 2. The Bertz CT molecular complexity index is 804. The van der Waals surface area contributed by atoms with E-state index in [9.17, 15) is 0 Å². The SMILES string of the molecule is CC(/C=C(/C)[N-]c1c(C)cccc1C)=Nc1c(C)cccc1C.[CH]1[CH][CH][CH][CH]1.[Cl][Cr+2]. The molecule has 156 valence electrons. The van der Waals surface area contributed by atoms with E-state index in [2.05, 4.69) is 89.5 Å². The van der Waals surface area contributed by atoms with Crippen LogP contribution in [0.4, 0.5) is 11.4 Å². The van der Waals surface area contributed by atoms with Crippen LogP contribution in [0.2, 0.25) is 0 Å². The third-order valence-corrected chi connectivity index (χ3v) is 4.43. The summed E-state index contributed by atoms with van der Waals surface area (Å²) in [5.74, 6) is 0. The predicted octanol–water partition coefficient (Wildman–Crippen LogP) is 8.33. The van der Waals surface area contributed by atoms with E-state index in [1.165, 1.54) is 22.3 Å². The van der Waals surface area contributed by atoms with Crippen molar-refractivity contribution in [2.75, 3.05) is 0 Å². The number of para-hydroxylation sites is 2. The molecule has 0 N–H and O–H groups in total. The summed E-state index contributed by atoms with van der Waals surface area (Å²) >= 11 is 2.10. The van der Waals surface area contributed by atoms with Crippen LogP contribution >= 0.6 is 10.0 Å². The van der Waals surface area contributed by atoms with Gasteiger partial charge in [0.2, 0.25) is 0 Å². The molecule has 0 heterocycles. The van der Waals surface area contributed by atoms with Crippen LogP contribution in [-0.2, 0) is 15.4 Å². The van der Waals surface area contributed by atoms with E-state index in [1.807, 2.05) is 52.0 Å². The summed E-state index contributed by atoms with van der Waals surface area (Å²) in [5, 5.41) is 4.76. The minimum atomic E-state index is 0.967. The van der Waals surface area contributed by atoms with Crippen molar-refractivity contribution in [2.24, 2.45) is 4.99 Å². The minimum absolute atomic E-state index is 0.967. The van der Waals surface area contributed by atoms with E-state index in [0.29, 0.717) is 0 Å². The van der Waals surface area contributed by atoms with Gasteiger partial charge in [0.1, 0.15) is 0 Å². The molecule has 2 aromatic carbocycles. The van der Waals surface area contributed by atoms with Gasteiger partial charge < -0.3 is 5.32 Å². The second-order valence-electron chi connectivity index (χ2n) is 7.09. The Morgan fingerprint density at radius 3 is 1.60 bits per heavy atom. The fraction of sp³-hybridized carbons (Fsp3) is 0.231. The van der Waals surface area contributed by atoms with E-state index in [0.717, 1.165) is 22.8 Å². The van der Waals surface area contributed by atoms with Crippen molar-refractivity contribution < 1.29 is 15.4 Å². The first kappa shape index (κ1) is 26.5. The molecule has 0 saturated heterocycles. The molecule has 5 radical (unpaired) electrons. The predicted molar refractivity (Wildman–Crippen MR) is 129 cm³/mol. The summed E-state index contributed by atoms with van der Waals surface area (Å²) in [6.45, 7) is 12.4. The Morgan fingerprint density at radius 1 is 0.767 bits per heavy atom. The molecule has 0 spiro atoms. The summed E-state index contributed by atoms with van der Waals surface area (Å²) < 4.78 is 0. The first-order chi connectivity index (χ1) is 14.4. The maximum absolute atomic E-state index is 4.76. The third kappa shape index (κ3) is 9.09. The van der Waals surface area contributed by atoms with Crippen LogP contribution in [0.1, 0.15) is 36.1 Å². The molecule has 1 aliphatic carbocycles. The number of aryl methyl sites for hydroxylation is 4. The van der Waals surface area contributed by atoms with Crippen LogP contribution < -0.4 is 0 Å². The average Bonchev–Trinajstić information content (AvgIpc) is 3.30. The van der Waals surface area contributed by atoms with Gasteiger partial charge in [-0.1, -0.05) is 60.5 Å². The average molecular weight is 458 g/mol. The summed E-state index contributed by atoms with van der Waals surface area (Å²) in [6, 6.07) is 12.5. The molecule has 30 heavy (non-hydrogen) atoms. The topological polar surface area (TPSA) is 26.5 Å². The van der Waals surface area contributed by atoms with Crippen LogP contribution in [0.25, 0.3) is 5.32 Å². The van der Waals surface area contributed by atoms with Crippen LogP contribution in [0, 0.1) is 59.8 Å². The van der Waals surface area contributed by atoms with Gasteiger partial charge in [-0.05, 0) is 77.8 Å². The van der Waals surface area contributed by atoms with Crippen LogP contribution in [0.3, 0.4) is 0 Å². The first-order valence-electron chi connectivity index (χ1n) is 9.78. The number of halogens is 1. The van der Waals surface area contributed by atoms with Crippen LogP contribution in [0.5, 0.6) is 0 Å². The van der Waals surface area contributed by atoms with Crippen molar-refractivity contribution >= 4 is 27.1 Å². The van der Waals surface area contributed by atoms with Gasteiger partial charge in [-0.25, -0.2) is 0 Å². The van der Waals surface area contributed by atoms with E-state index in [4.69, 9.17) is 10.3 Å². The number of rotatable bonds is 4. The van der Waals surface area contributed by atoms with Crippen molar-refractivity contribution in [1.29, 1.82) is 0 Å². The zero-order valence-corrected chi connectivity index (χ0v) is 20.6. The molecule has 4 heteroatoms. The van der Waals surface area contributed by atoms with Crippen molar-refractivity contribution in [3.05, 3.63) is 108 Å². The zero-order chi connectivity index (χ0) is 22.5. The number of nitrogens with zero attached hydrogens (tertiary/aromatic N) is 2. The van der Waals surface area contributed by atoms with Gasteiger partial charge >= 0.3 is 25.4 Å². The fourth-order valence-electron chi connectivity index (χ4n) is 3.00. The molecule has 0 bridgehead atoms. The normalized spacial score (nSPS) is 13.7. The Hall–Kier alpha value is -1.53. The Balaban J connectivity index is 0.000000550. The molecular formula is C26H30ClCrN2+. The monoisotopic (exact) mass is 457 g/mol. The standard InChI is InChI=1S/C21H25N2.C5H5.ClH.Cr/c1-14-9-7-10-15(2)20(14)22-18(5)13-19(6)23-21-16(3)11-8-12-17(21)4;1-2-4-5-3-1;;/h7-13H,1-6H3;1-5H;1H;/q-1;;;+3/p-1/b18-13-,23-19?;;;. The van der Waals surface area contributed by atoms with Gasteiger partial charge in [0.25, 0.3) is 0 Å². The third-order valence-electron chi connectivity index (χ3n) is 4.43. The van der Waals surface area contributed by atoms with Gasteiger partial charge in [-0.2, -0.15) is 5.70 Å². The molecule has 3 rings (SSSR count). The second kappa shape index (κ2) is 14.5. The molecule has 1 aliphatic rings. The molecule has 2 aromatic rings. The number of hydrogen-bond donors (Lipinski definition) is 0. The van der Waals surface area contributed by atoms with E-state index in [1.54, 1.807) is 0 Å². The van der Waals surface area contributed by atoms with E-state index < -0.39 is 0 Å². The first-order valence-corrected chi connectivity index (χ1v) is 11.5. The maximum atomic E-state index is 4.76. The molecule has 0 aliphatic heterocycles. The molecule has 2 nitrogen and oxygen atoms in total. The Kier molecular flexibility index (Phi) is 12.8. The van der Waals surface area contributed by atoms with Gasteiger partial charge in [-0.15, -0.1) is 5.69 Å². The molecule has 0 unspecified atom stereocenters. The van der Waals surface area contributed by atoms with E-state index in [-0.39, 0.29) is 0 Å². The van der Waals surface area contributed by atoms with Crippen LogP contribution in [-0.4, -0.2) is 5.71 Å². The van der Waals surface area contributed by atoms with Gasteiger partial charge in [0, 0.05) is 5.71 Å². The zero-order valence-electron chi connectivity index (χ0n) is 18.6. The van der Waals surface area contributed by atoms with Crippen LogP contribution in [0.15, 0.2) is 53.2 Å². The molecule has 0 aromatic heterocycles. The van der Waals surface area contributed by atoms with Crippen molar-refractivity contribution in [2.45, 2.75) is 41.5 Å². The van der Waals surface area contributed by atoms with E-state index >= 15 is 0 Å². The summed E-state index contributed by atoms with van der Waals surface area (Å²) in [7, 11) is 4.51. The number of hydrogen-bond acceptors (Lipinski definition) is 1. The second-order valence-corrected chi connectivity index (χ2v) is 7.09. The number of aliphatic imine (C=N–C) groups is 1. The summed E-state index contributed by atoms with van der Waals surface area (Å²) in [6.07, 6.45) is 12.0. The van der Waals surface area contributed by atoms with Crippen molar-refractivity contribution in [3.8, 4) is 0 Å². The number of benzene rings is 2. The summed E-state index contributed by atoms with van der Waals surface area (Å²) in [4.78, 5) is 4.76. The molecule has 1 saturated carbocycles. The van der Waals surface area contributed by atoms with Gasteiger partial charge in [0.05, 0.1) is 5.69 Å². The Morgan fingerprint density at radius 2 is 1.17 bits per heavy atom. The molecule has 0 atom stereocenters. The van der Waals surface area contributed by atoms with Crippen molar-refractivity contribution in [3.63, 3.8) is 0 Å². The quantitative estimate of drug-likeness (QED) is 0.412. The van der Waals surface area contributed by atoms with Gasteiger partial charge in [0.15, 0.2) is 0 Å². The fourth-order valence-corrected chi connectivity index (χ4v) is 3.00. The van der Waals surface area contributed by atoms with Crippen molar-refractivity contribution in [1.82, 2.24) is 0 Å². The Labute approximate surface area is 196 Å². The summed E-state index contributed by atoms with van der Waals surface area (Å²) in [5.41, 5.74) is 8.83. The molecule has 0 amide bonds. The molecular weight excluding hydrogens is 428 g/mol.